The molecule has 0 saturated heterocycles. The number of nitrogens with two attached hydrogens (primary N) is 1. The summed E-state index contributed by atoms with van der Waals surface area (Å²) < 4.78 is 10.4. The van der Waals surface area contributed by atoms with Crippen molar-refractivity contribution in [3.63, 3.8) is 0 Å². The molecule has 1 aromatic rings. The van der Waals surface area contributed by atoms with Crippen LogP contribution in [0, 0.1) is 0 Å². The molecule has 4 nitrogen and oxygen atoms in total. The summed E-state index contributed by atoms with van der Waals surface area (Å²) in [6.45, 7) is 3.82. The SMILES string of the molecule is COC(=O)C1=C(N)OC(C)(C)C1c1ccccc1. The number of methoxy groups -OCH3 is 1. The van der Waals surface area contributed by atoms with Crippen molar-refractivity contribution in [3.05, 3.63) is 47.4 Å². The topological polar surface area (TPSA) is 61.5 Å². The van der Waals surface area contributed by atoms with Gasteiger partial charge in [-0.05, 0) is 19.4 Å². The summed E-state index contributed by atoms with van der Waals surface area (Å²) in [5.41, 5.74) is 6.64. The van der Waals surface area contributed by atoms with Gasteiger partial charge in [0.2, 0.25) is 0 Å². The summed E-state index contributed by atoms with van der Waals surface area (Å²) in [5.74, 6) is -0.501. The Morgan fingerprint density at radius 3 is 2.50 bits per heavy atom. The van der Waals surface area contributed by atoms with Crippen LogP contribution >= 0.6 is 0 Å². The monoisotopic (exact) mass is 247 g/mol. The van der Waals surface area contributed by atoms with Crippen molar-refractivity contribution in [2.75, 3.05) is 7.11 Å². The van der Waals surface area contributed by atoms with Gasteiger partial charge in [-0.1, -0.05) is 30.3 Å². The molecule has 0 radical (unpaired) electrons. The van der Waals surface area contributed by atoms with Crippen molar-refractivity contribution in [2.24, 2.45) is 5.73 Å². The summed E-state index contributed by atoms with van der Waals surface area (Å²) in [5, 5.41) is 0. The van der Waals surface area contributed by atoms with Crippen LogP contribution in [-0.4, -0.2) is 18.7 Å². The molecular formula is C14H17NO3. The van der Waals surface area contributed by atoms with E-state index in [4.69, 9.17) is 15.2 Å². The summed E-state index contributed by atoms with van der Waals surface area (Å²) in [6, 6.07) is 9.69. The van der Waals surface area contributed by atoms with Gasteiger partial charge in [0.15, 0.2) is 5.88 Å². The van der Waals surface area contributed by atoms with Gasteiger partial charge >= 0.3 is 5.97 Å². The van der Waals surface area contributed by atoms with Crippen LogP contribution < -0.4 is 5.73 Å². The highest BCUT2D eigenvalue weighted by Crippen LogP contribution is 2.44. The number of esters is 1. The Labute approximate surface area is 106 Å². The van der Waals surface area contributed by atoms with E-state index < -0.39 is 11.6 Å². The molecule has 1 atom stereocenters. The zero-order valence-corrected chi connectivity index (χ0v) is 10.8. The van der Waals surface area contributed by atoms with Crippen molar-refractivity contribution in [3.8, 4) is 0 Å². The predicted molar refractivity (Wildman–Crippen MR) is 67.6 cm³/mol. The largest absolute Gasteiger partial charge is 0.472 e. The fraction of sp³-hybridized carbons (Fsp3) is 0.357. The molecule has 0 aliphatic carbocycles. The first kappa shape index (κ1) is 12.5. The number of hydrogen-bond acceptors (Lipinski definition) is 4. The second kappa shape index (κ2) is 4.37. The first-order valence-corrected chi connectivity index (χ1v) is 5.79. The van der Waals surface area contributed by atoms with Gasteiger partial charge < -0.3 is 15.2 Å². The molecule has 96 valence electrons. The molecule has 0 aromatic heterocycles. The molecule has 0 bridgehead atoms. The molecule has 1 aromatic carbocycles. The average Bonchev–Trinajstić information content (AvgIpc) is 2.58. The molecule has 1 aliphatic heterocycles. The number of rotatable bonds is 2. The third-order valence-electron chi connectivity index (χ3n) is 3.16. The van der Waals surface area contributed by atoms with Crippen LogP contribution in [0.3, 0.4) is 0 Å². The smallest absolute Gasteiger partial charge is 0.339 e. The van der Waals surface area contributed by atoms with Crippen LogP contribution in [0.15, 0.2) is 41.8 Å². The minimum absolute atomic E-state index is 0.153. The molecule has 1 unspecified atom stereocenters. The number of carbonyl (C=O) groups excluding carboxylic acids is 1. The van der Waals surface area contributed by atoms with E-state index in [1.54, 1.807) is 0 Å². The second-order valence-electron chi connectivity index (χ2n) is 4.82. The molecule has 1 heterocycles. The standard InChI is InChI=1S/C14H17NO3/c1-14(2)11(9-7-5-4-6-8-9)10(12(15)18-14)13(16)17-3/h4-8,11H,15H2,1-3H3. The molecule has 0 amide bonds. The predicted octanol–water partition coefficient (Wildman–Crippen LogP) is 1.92. The Kier molecular flexibility index (Phi) is 3.03. The third-order valence-corrected chi connectivity index (χ3v) is 3.16. The number of benzene rings is 1. The van der Waals surface area contributed by atoms with Crippen LogP contribution in [0.1, 0.15) is 25.3 Å². The Morgan fingerprint density at radius 1 is 1.33 bits per heavy atom. The first-order valence-electron chi connectivity index (χ1n) is 5.79. The van der Waals surface area contributed by atoms with Crippen molar-refractivity contribution in [1.29, 1.82) is 0 Å². The Balaban J connectivity index is 2.50. The highest BCUT2D eigenvalue weighted by molar-refractivity contribution is 5.91. The van der Waals surface area contributed by atoms with Gasteiger partial charge in [0.1, 0.15) is 11.2 Å². The van der Waals surface area contributed by atoms with Crippen LogP contribution in [0.25, 0.3) is 0 Å². The van der Waals surface area contributed by atoms with Crippen molar-refractivity contribution in [1.82, 2.24) is 0 Å². The average molecular weight is 247 g/mol. The Morgan fingerprint density at radius 2 is 1.94 bits per heavy atom. The lowest BCUT2D eigenvalue weighted by Gasteiger charge is -2.27. The van der Waals surface area contributed by atoms with Crippen LogP contribution in [0.4, 0.5) is 0 Å². The van der Waals surface area contributed by atoms with E-state index in [0.29, 0.717) is 5.57 Å². The van der Waals surface area contributed by atoms with Gasteiger partial charge in [0.05, 0.1) is 13.0 Å². The zero-order chi connectivity index (χ0) is 13.3. The maximum Gasteiger partial charge on any atom is 0.339 e. The molecule has 4 heteroatoms. The maximum atomic E-state index is 11.9. The molecule has 1 aliphatic rings. The quantitative estimate of drug-likeness (QED) is 0.811. The van der Waals surface area contributed by atoms with Crippen molar-refractivity contribution in [2.45, 2.75) is 25.4 Å². The lowest BCUT2D eigenvalue weighted by atomic mass is 9.81. The summed E-state index contributed by atoms with van der Waals surface area (Å²) in [6.07, 6.45) is 0. The number of carbonyl (C=O) groups is 1. The minimum atomic E-state index is -0.561. The molecule has 0 fully saturated rings. The van der Waals surface area contributed by atoms with Crippen LogP contribution in [0.5, 0.6) is 0 Å². The number of ether oxygens (including phenoxy) is 2. The lowest BCUT2D eigenvalue weighted by molar-refractivity contribution is -0.136. The molecule has 0 spiro atoms. The van der Waals surface area contributed by atoms with E-state index in [0.717, 1.165) is 5.56 Å². The Bertz CT molecular complexity index is 491. The van der Waals surface area contributed by atoms with Crippen LogP contribution in [0.2, 0.25) is 0 Å². The van der Waals surface area contributed by atoms with E-state index >= 15 is 0 Å². The molecule has 18 heavy (non-hydrogen) atoms. The van der Waals surface area contributed by atoms with Crippen molar-refractivity contribution < 1.29 is 14.3 Å². The summed E-state index contributed by atoms with van der Waals surface area (Å²) in [4.78, 5) is 11.9. The molecule has 2 N–H and O–H groups in total. The van der Waals surface area contributed by atoms with E-state index in [1.807, 2.05) is 44.2 Å². The normalized spacial score (nSPS) is 21.6. The molecule has 0 saturated carbocycles. The minimum Gasteiger partial charge on any atom is -0.472 e. The fourth-order valence-electron chi connectivity index (χ4n) is 2.43. The van der Waals surface area contributed by atoms with E-state index in [2.05, 4.69) is 0 Å². The highest BCUT2D eigenvalue weighted by atomic mass is 16.5. The van der Waals surface area contributed by atoms with Gasteiger partial charge in [-0.3, -0.25) is 0 Å². The molecular weight excluding hydrogens is 230 g/mol. The van der Waals surface area contributed by atoms with E-state index in [-0.39, 0.29) is 11.8 Å². The zero-order valence-electron chi connectivity index (χ0n) is 10.8. The van der Waals surface area contributed by atoms with Gasteiger partial charge in [-0.15, -0.1) is 0 Å². The van der Waals surface area contributed by atoms with Crippen LogP contribution in [-0.2, 0) is 14.3 Å². The van der Waals surface area contributed by atoms with E-state index in [1.165, 1.54) is 7.11 Å². The molecule has 2 rings (SSSR count). The van der Waals surface area contributed by atoms with Gasteiger partial charge in [0, 0.05) is 0 Å². The number of hydrogen-bond donors (Lipinski definition) is 1. The first-order chi connectivity index (χ1) is 8.47. The maximum absolute atomic E-state index is 11.9. The third kappa shape index (κ3) is 1.94. The fourth-order valence-corrected chi connectivity index (χ4v) is 2.43. The van der Waals surface area contributed by atoms with Gasteiger partial charge in [-0.2, -0.15) is 0 Å². The van der Waals surface area contributed by atoms with Gasteiger partial charge in [-0.25, -0.2) is 4.79 Å². The Hall–Kier alpha value is -1.97. The van der Waals surface area contributed by atoms with Crippen molar-refractivity contribution >= 4 is 5.97 Å². The second-order valence-corrected chi connectivity index (χ2v) is 4.82. The highest BCUT2D eigenvalue weighted by Gasteiger charge is 2.46. The lowest BCUT2D eigenvalue weighted by Crippen LogP contribution is -2.29. The summed E-state index contributed by atoms with van der Waals surface area (Å²) >= 11 is 0. The summed E-state index contributed by atoms with van der Waals surface area (Å²) in [7, 11) is 1.34. The van der Waals surface area contributed by atoms with E-state index in [9.17, 15) is 4.79 Å². The van der Waals surface area contributed by atoms with Gasteiger partial charge in [0.25, 0.3) is 0 Å².